The van der Waals surface area contributed by atoms with E-state index in [1.807, 2.05) is 26.2 Å². The van der Waals surface area contributed by atoms with Crippen molar-refractivity contribution in [3.8, 4) is 0 Å². The van der Waals surface area contributed by atoms with Crippen molar-refractivity contribution in [2.24, 2.45) is 5.10 Å². The fraction of sp³-hybridized carbons (Fsp3) is 0.500. The predicted octanol–water partition coefficient (Wildman–Crippen LogP) is 4.03. The minimum absolute atomic E-state index is 0.501. The molecule has 0 saturated carbocycles. The number of aromatic nitrogens is 3. The van der Waals surface area contributed by atoms with Gasteiger partial charge in [-0.15, -0.1) is 0 Å². The van der Waals surface area contributed by atoms with Crippen LogP contribution >= 0.6 is 0 Å². The number of anilines is 4. The van der Waals surface area contributed by atoms with Gasteiger partial charge in [0.2, 0.25) is 17.8 Å². The molecule has 3 heterocycles. The van der Waals surface area contributed by atoms with Crippen LogP contribution in [0.3, 0.4) is 0 Å². The van der Waals surface area contributed by atoms with Crippen molar-refractivity contribution in [2.45, 2.75) is 38.5 Å². The van der Waals surface area contributed by atoms with E-state index in [4.69, 9.17) is 4.98 Å². The minimum Gasteiger partial charge on any atom is -0.378 e. The Morgan fingerprint density at radius 1 is 0.812 bits per heavy atom. The molecule has 0 aliphatic carbocycles. The van der Waals surface area contributed by atoms with Crippen molar-refractivity contribution >= 4 is 35.8 Å². The maximum Gasteiger partial charge on any atom is 0.250 e. The standard InChI is InChI=1S/C24H34N8/c1-30(2)21-13-11-20(12-14-21)10-9-15-25-29-22-26-23(31-16-5-3-6-17-31)28-24(27-22)32-18-7-4-8-19-32/h9-15H,3-8,16-19H2,1-2H3,(H,26,27,28,29)/b10-9+,25-15?. The zero-order valence-electron chi connectivity index (χ0n) is 19.2. The largest absolute Gasteiger partial charge is 0.378 e. The summed E-state index contributed by atoms with van der Waals surface area (Å²) in [5, 5.41) is 4.32. The lowest BCUT2D eigenvalue weighted by Crippen LogP contribution is -2.34. The van der Waals surface area contributed by atoms with Crippen LogP contribution in [-0.4, -0.2) is 61.4 Å². The molecule has 2 aromatic rings. The Labute approximate surface area is 191 Å². The van der Waals surface area contributed by atoms with E-state index in [9.17, 15) is 0 Å². The highest BCUT2D eigenvalue weighted by Gasteiger charge is 2.20. The van der Waals surface area contributed by atoms with E-state index in [1.165, 1.54) is 44.2 Å². The van der Waals surface area contributed by atoms with E-state index in [-0.39, 0.29) is 0 Å². The Balaban J connectivity index is 1.44. The quantitative estimate of drug-likeness (QED) is 0.521. The molecule has 0 amide bonds. The van der Waals surface area contributed by atoms with Gasteiger partial charge in [0.1, 0.15) is 0 Å². The van der Waals surface area contributed by atoms with Gasteiger partial charge in [-0.2, -0.15) is 20.1 Å². The number of hydrazone groups is 1. The van der Waals surface area contributed by atoms with Crippen LogP contribution in [0.5, 0.6) is 0 Å². The second-order valence-corrected chi connectivity index (χ2v) is 8.59. The van der Waals surface area contributed by atoms with Gasteiger partial charge in [0.25, 0.3) is 0 Å². The number of nitrogens with one attached hydrogen (secondary N) is 1. The third-order valence-corrected chi connectivity index (χ3v) is 5.91. The molecule has 170 valence electrons. The molecule has 0 bridgehead atoms. The molecule has 1 aromatic carbocycles. The molecule has 0 atom stereocenters. The molecule has 2 saturated heterocycles. The summed E-state index contributed by atoms with van der Waals surface area (Å²) in [4.78, 5) is 20.7. The summed E-state index contributed by atoms with van der Waals surface area (Å²) >= 11 is 0. The zero-order chi connectivity index (χ0) is 22.2. The first-order chi connectivity index (χ1) is 15.7. The van der Waals surface area contributed by atoms with Crippen molar-refractivity contribution in [3.05, 3.63) is 35.9 Å². The number of rotatable bonds is 7. The van der Waals surface area contributed by atoms with Crippen LogP contribution in [-0.2, 0) is 0 Å². The molecule has 1 N–H and O–H groups in total. The Morgan fingerprint density at radius 2 is 1.38 bits per heavy atom. The van der Waals surface area contributed by atoms with Gasteiger partial charge in [-0.05, 0) is 62.3 Å². The number of hydrogen-bond donors (Lipinski definition) is 1. The van der Waals surface area contributed by atoms with Crippen LogP contribution in [0.25, 0.3) is 6.08 Å². The Morgan fingerprint density at radius 3 is 1.91 bits per heavy atom. The van der Waals surface area contributed by atoms with E-state index >= 15 is 0 Å². The first kappa shape index (κ1) is 22.0. The molecule has 2 fully saturated rings. The van der Waals surface area contributed by atoms with Gasteiger partial charge in [-0.1, -0.05) is 18.2 Å². The van der Waals surface area contributed by atoms with Gasteiger partial charge in [-0.25, -0.2) is 5.43 Å². The zero-order valence-corrected chi connectivity index (χ0v) is 19.2. The number of piperidine rings is 2. The van der Waals surface area contributed by atoms with Crippen molar-refractivity contribution in [2.75, 3.05) is 60.4 Å². The van der Waals surface area contributed by atoms with Crippen LogP contribution in [0.15, 0.2) is 35.4 Å². The summed E-state index contributed by atoms with van der Waals surface area (Å²) < 4.78 is 0. The smallest absolute Gasteiger partial charge is 0.250 e. The average molecular weight is 435 g/mol. The van der Waals surface area contributed by atoms with Crippen LogP contribution < -0.4 is 20.1 Å². The summed E-state index contributed by atoms with van der Waals surface area (Å²) in [7, 11) is 4.08. The highest BCUT2D eigenvalue weighted by atomic mass is 15.4. The molecule has 0 spiro atoms. The lowest BCUT2D eigenvalue weighted by Gasteiger charge is -2.30. The summed E-state index contributed by atoms with van der Waals surface area (Å²) in [5.74, 6) is 2.02. The SMILES string of the molecule is CN(C)c1ccc(/C=C/C=NNc2nc(N3CCCCC3)nc(N3CCCCC3)n2)cc1. The Bertz CT molecular complexity index is 874. The van der Waals surface area contributed by atoms with Crippen LogP contribution in [0.1, 0.15) is 44.1 Å². The van der Waals surface area contributed by atoms with Gasteiger partial charge >= 0.3 is 0 Å². The predicted molar refractivity (Wildman–Crippen MR) is 134 cm³/mol. The normalized spacial score (nSPS) is 17.3. The average Bonchev–Trinajstić information content (AvgIpc) is 2.85. The van der Waals surface area contributed by atoms with Crippen LogP contribution in [0.4, 0.5) is 23.5 Å². The highest BCUT2D eigenvalue weighted by Crippen LogP contribution is 2.22. The molecule has 8 heteroatoms. The van der Waals surface area contributed by atoms with Crippen LogP contribution in [0, 0.1) is 0 Å². The Kier molecular flexibility index (Phi) is 7.53. The van der Waals surface area contributed by atoms with E-state index in [0.29, 0.717) is 5.95 Å². The first-order valence-corrected chi connectivity index (χ1v) is 11.7. The van der Waals surface area contributed by atoms with Crippen LogP contribution in [0.2, 0.25) is 0 Å². The number of allylic oxidation sites excluding steroid dienone is 1. The Hall–Kier alpha value is -3.16. The van der Waals surface area contributed by atoms with Crippen molar-refractivity contribution in [1.82, 2.24) is 15.0 Å². The van der Waals surface area contributed by atoms with Gasteiger partial charge in [0.05, 0.1) is 0 Å². The van der Waals surface area contributed by atoms with Gasteiger partial charge < -0.3 is 14.7 Å². The molecular formula is C24H34N8. The third kappa shape index (κ3) is 5.96. The molecule has 2 aliphatic rings. The van der Waals surface area contributed by atoms with E-state index < -0.39 is 0 Å². The van der Waals surface area contributed by atoms with Crippen molar-refractivity contribution in [1.29, 1.82) is 0 Å². The number of benzene rings is 1. The fourth-order valence-electron chi connectivity index (χ4n) is 4.05. The molecular weight excluding hydrogens is 400 g/mol. The monoisotopic (exact) mass is 434 g/mol. The maximum atomic E-state index is 4.80. The maximum absolute atomic E-state index is 4.80. The van der Waals surface area contributed by atoms with E-state index in [2.05, 4.69) is 59.5 Å². The van der Waals surface area contributed by atoms with Gasteiger partial charge in [-0.3, -0.25) is 0 Å². The lowest BCUT2D eigenvalue weighted by atomic mass is 10.1. The molecule has 32 heavy (non-hydrogen) atoms. The summed E-state index contributed by atoms with van der Waals surface area (Å²) in [5.41, 5.74) is 5.32. The summed E-state index contributed by atoms with van der Waals surface area (Å²) in [6.45, 7) is 4.01. The van der Waals surface area contributed by atoms with Crippen molar-refractivity contribution in [3.63, 3.8) is 0 Å². The molecule has 0 unspecified atom stereocenters. The topological polar surface area (TPSA) is 72.8 Å². The van der Waals surface area contributed by atoms with Gasteiger partial charge in [0.15, 0.2) is 0 Å². The molecule has 0 radical (unpaired) electrons. The number of hydrogen-bond acceptors (Lipinski definition) is 8. The first-order valence-electron chi connectivity index (χ1n) is 11.7. The second kappa shape index (κ2) is 10.9. The van der Waals surface area contributed by atoms with E-state index in [0.717, 1.165) is 43.6 Å². The molecule has 1 aromatic heterocycles. The summed E-state index contributed by atoms with van der Waals surface area (Å²) in [6, 6.07) is 8.39. The second-order valence-electron chi connectivity index (χ2n) is 8.59. The lowest BCUT2D eigenvalue weighted by molar-refractivity contribution is 0.556. The highest BCUT2D eigenvalue weighted by molar-refractivity contribution is 5.78. The molecule has 2 aliphatic heterocycles. The summed E-state index contributed by atoms with van der Waals surface area (Å²) in [6.07, 6.45) is 13.0. The van der Waals surface area contributed by atoms with E-state index in [1.54, 1.807) is 6.21 Å². The van der Waals surface area contributed by atoms with Crippen molar-refractivity contribution < 1.29 is 0 Å². The third-order valence-electron chi connectivity index (χ3n) is 5.91. The fourth-order valence-corrected chi connectivity index (χ4v) is 4.05. The van der Waals surface area contributed by atoms with Gasteiger partial charge in [0, 0.05) is 52.2 Å². The minimum atomic E-state index is 0.501. The number of nitrogens with zero attached hydrogens (tertiary/aromatic N) is 7. The molecule has 8 nitrogen and oxygen atoms in total. The molecule has 4 rings (SSSR count).